The fraction of sp³-hybridized carbons (Fsp3) is 0.333. The van der Waals surface area contributed by atoms with Gasteiger partial charge in [-0.25, -0.2) is 0 Å². The Bertz CT molecular complexity index is 781. The molecule has 0 saturated carbocycles. The average Bonchev–Trinajstić information content (AvgIpc) is 2.66. The van der Waals surface area contributed by atoms with Gasteiger partial charge in [-0.05, 0) is 36.2 Å². The molecule has 6 heteroatoms. The second-order valence-electron chi connectivity index (χ2n) is 5.87. The first-order valence-corrected chi connectivity index (χ1v) is 8.92. The van der Waals surface area contributed by atoms with Gasteiger partial charge in [0.05, 0.1) is 24.9 Å². The number of pyridine rings is 1. The smallest absolute Gasteiger partial charge is 0.233 e. The van der Waals surface area contributed by atoms with Crippen LogP contribution in [0.15, 0.2) is 41.6 Å². The predicted molar refractivity (Wildman–Crippen MR) is 93.0 cm³/mol. The summed E-state index contributed by atoms with van der Waals surface area (Å²) in [6.07, 6.45) is 4.22. The molecular weight excluding hydrogens is 324 g/mol. The maximum absolute atomic E-state index is 13.1. The van der Waals surface area contributed by atoms with E-state index in [0.717, 1.165) is 33.4 Å². The van der Waals surface area contributed by atoms with E-state index in [1.54, 1.807) is 31.3 Å². The normalized spacial score (nSPS) is 19.0. The third kappa shape index (κ3) is 2.71. The van der Waals surface area contributed by atoms with Gasteiger partial charge in [-0.2, -0.15) is 0 Å². The van der Waals surface area contributed by atoms with E-state index in [1.807, 2.05) is 29.2 Å². The van der Waals surface area contributed by atoms with E-state index in [9.17, 15) is 4.79 Å². The molecular formula is C18H18N2O3S. The van der Waals surface area contributed by atoms with Gasteiger partial charge in [0, 0.05) is 23.4 Å². The van der Waals surface area contributed by atoms with Crippen LogP contribution in [-0.4, -0.2) is 36.9 Å². The highest BCUT2D eigenvalue weighted by atomic mass is 32.2. The Hall–Kier alpha value is -2.21. The number of anilines is 1. The van der Waals surface area contributed by atoms with Gasteiger partial charge in [0.15, 0.2) is 0 Å². The summed E-state index contributed by atoms with van der Waals surface area (Å²) in [5, 5.41) is 0. The largest absolute Gasteiger partial charge is 0.497 e. The summed E-state index contributed by atoms with van der Waals surface area (Å²) in [5.74, 6) is 2.46. The van der Waals surface area contributed by atoms with E-state index in [4.69, 9.17) is 9.47 Å². The van der Waals surface area contributed by atoms with Crippen molar-refractivity contribution in [2.45, 2.75) is 11.3 Å². The van der Waals surface area contributed by atoms with Crippen molar-refractivity contribution in [1.29, 1.82) is 0 Å². The quantitative estimate of drug-likeness (QED) is 0.840. The molecule has 0 unspecified atom stereocenters. The molecule has 0 fully saturated rings. The number of hydrogen-bond donors (Lipinski definition) is 0. The first-order valence-electron chi connectivity index (χ1n) is 7.94. The zero-order valence-corrected chi connectivity index (χ0v) is 14.2. The zero-order chi connectivity index (χ0) is 16.5. The third-order valence-electron chi connectivity index (χ3n) is 4.41. The van der Waals surface area contributed by atoms with Crippen LogP contribution < -0.4 is 14.4 Å². The number of nitrogens with zero attached hydrogens (tertiary/aromatic N) is 2. The highest BCUT2D eigenvalue weighted by Gasteiger charge is 2.32. The number of ether oxygens (including phenoxy) is 2. The monoisotopic (exact) mass is 342 g/mol. The molecule has 1 aromatic carbocycles. The minimum absolute atomic E-state index is 0.109. The van der Waals surface area contributed by atoms with E-state index in [2.05, 4.69) is 4.98 Å². The summed E-state index contributed by atoms with van der Waals surface area (Å²) in [7, 11) is 1.64. The number of carbonyl (C=O) groups is 1. The molecule has 1 amide bonds. The van der Waals surface area contributed by atoms with Crippen molar-refractivity contribution < 1.29 is 14.3 Å². The Morgan fingerprint density at radius 3 is 3.21 bits per heavy atom. The lowest BCUT2D eigenvalue weighted by atomic mass is 9.95. The molecule has 5 nitrogen and oxygen atoms in total. The standard InChI is InChI=1S/C18H18N2O3S/c1-22-14-2-3-16-12(9-14)8-13(11-23-16)18(21)20-6-7-24-17-4-5-19-10-15(17)20/h2-5,9-10,13H,6-8,11H2,1H3/t13-/m1/s1. The van der Waals surface area contributed by atoms with E-state index in [1.165, 1.54) is 0 Å². The molecule has 1 atom stereocenters. The van der Waals surface area contributed by atoms with Gasteiger partial charge in [0.2, 0.25) is 5.91 Å². The number of aromatic nitrogens is 1. The number of rotatable bonds is 2. The molecule has 0 N–H and O–H groups in total. The first kappa shape index (κ1) is 15.3. The van der Waals surface area contributed by atoms with Gasteiger partial charge in [-0.1, -0.05) is 0 Å². The fourth-order valence-corrected chi connectivity index (χ4v) is 4.13. The Kier molecular flexibility index (Phi) is 4.06. The number of amides is 1. The summed E-state index contributed by atoms with van der Waals surface area (Å²) >= 11 is 1.77. The summed E-state index contributed by atoms with van der Waals surface area (Å²) in [4.78, 5) is 20.2. The maximum Gasteiger partial charge on any atom is 0.233 e. The number of carbonyl (C=O) groups excluding carboxylic acids is 1. The molecule has 124 valence electrons. The van der Waals surface area contributed by atoms with Gasteiger partial charge in [-0.3, -0.25) is 9.78 Å². The number of thioether (sulfide) groups is 1. The molecule has 0 aliphatic carbocycles. The highest BCUT2D eigenvalue weighted by Crippen LogP contribution is 2.36. The van der Waals surface area contributed by atoms with E-state index < -0.39 is 0 Å². The number of fused-ring (bicyclic) bond motifs is 2. The van der Waals surface area contributed by atoms with Crippen LogP contribution in [0.1, 0.15) is 5.56 Å². The number of benzene rings is 1. The van der Waals surface area contributed by atoms with Crippen molar-refractivity contribution in [3.8, 4) is 11.5 Å². The SMILES string of the molecule is COc1ccc2c(c1)C[C@@H](C(=O)N1CCSc3ccncc31)CO2. The molecule has 0 spiro atoms. The van der Waals surface area contributed by atoms with Crippen LogP contribution >= 0.6 is 11.8 Å². The Labute approximate surface area is 145 Å². The fourth-order valence-electron chi connectivity index (χ4n) is 3.17. The predicted octanol–water partition coefficient (Wildman–Crippen LogP) is 2.78. The Morgan fingerprint density at radius 2 is 2.33 bits per heavy atom. The summed E-state index contributed by atoms with van der Waals surface area (Å²) in [5.41, 5.74) is 1.94. The maximum atomic E-state index is 13.1. The molecule has 24 heavy (non-hydrogen) atoms. The van der Waals surface area contributed by atoms with Crippen LogP contribution in [-0.2, 0) is 11.2 Å². The van der Waals surface area contributed by atoms with Gasteiger partial charge in [0.25, 0.3) is 0 Å². The van der Waals surface area contributed by atoms with E-state index in [-0.39, 0.29) is 11.8 Å². The van der Waals surface area contributed by atoms with Crippen LogP contribution in [0, 0.1) is 5.92 Å². The van der Waals surface area contributed by atoms with E-state index in [0.29, 0.717) is 19.6 Å². The first-order chi connectivity index (χ1) is 11.8. The lowest BCUT2D eigenvalue weighted by molar-refractivity contribution is -0.123. The van der Waals surface area contributed by atoms with Gasteiger partial charge < -0.3 is 14.4 Å². The third-order valence-corrected chi connectivity index (χ3v) is 5.46. The molecule has 1 aromatic heterocycles. The summed E-state index contributed by atoms with van der Waals surface area (Å²) < 4.78 is 11.1. The Morgan fingerprint density at radius 1 is 1.42 bits per heavy atom. The van der Waals surface area contributed by atoms with Crippen LogP contribution in [0.2, 0.25) is 0 Å². The van der Waals surface area contributed by atoms with Crippen molar-refractivity contribution in [2.75, 3.05) is 30.9 Å². The van der Waals surface area contributed by atoms with Gasteiger partial charge >= 0.3 is 0 Å². The number of hydrogen-bond acceptors (Lipinski definition) is 5. The van der Waals surface area contributed by atoms with Crippen LogP contribution in [0.5, 0.6) is 11.5 Å². The second-order valence-corrected chi connectivity index (χ2v) is 7.00. The van der Waals surface area contributed by atoms with Crippen molar-refractivity contribution in [1.82, 2.24) is 4.98 Å². The summed E-state index contributed by atoms with van der Waals surface area (Å²) in [6, 6.07) is 7.71. The van der Waals surface area contributed by atoms with E-state index >= 15 is 0 Å². The minimum atomic E-state index is -0.180. The topological polar surface area (TPSA) is 51.7 Å². The van der Waals surface area contributed by atoms with Crippen LogP contribution in [0.3, 0.4) is 0 Å². The minimum Gasteiger partial charge on any atom is -0.497 e. The van der Waals surface area contributed by atoms with Gasteiger partial charge in [-0.15, -0.1) is 11.8 Å². The van der Waals surface area contributed by atoms with Crippen LogP contribution in [0.25, 0.3) is 0 Å². The van der Waals surface area contributed by atoms with Crippen LogP contribution in [0.4, 0.5) is 5.69 Å². The lowest BCUT2D eigenvalue weighted by Gasteiger charge is -2.33. The molecule has 2 aliphatic rings. The second kappa shape index (κ2) is 6.36. The zero-order valence-electron chi connectivity index (χ0n) is 13.4. The molecule has 0 saturated heterocycles. The Balaban J connectivity index is 1.58. The highest BCUT2D eigenvalue weighted by molar-refractivity contribution is 7.99. The van der Waals surface area contributed by atoms with Crippen molar-refractivity contribution >= 4 is 23.4 Å². The molecule has 0 radical (unpaired) electrons. The molecule has 0 bridgehead atoms. The molecule has 3 heterocycles. The number of methoxy groups -OCH3 is 1. The van der Waals surface area contributed by atoms with Crippen molar-refractivity contribution in [3.63, 3.8) is 0 Å². The summed E-state index contributed by atoms with van der Waals surface area (Å²) in [6.45, 7) is 1.13. The van der Waals surface area contributed by atoms with Crippen molar-refractivity contribution in [2.24, 2.45) is 5.92 Å². The molecule has 4 rings (SSSR count). The molecule has 2 aliphatic heterocycles. The lowest BCUT2D eigenvalue weighted by Crippen LogP contribution is -2.43. The van der Waals surface area contributed by atoms with Crippen molar-refractivity contribution in [3.05, 3.63) is 42.2 Å². The molecule has 2 aromatic rings. The van der Waals surface area contributed by atoms with Gasteiger partial charge in [0.1, 0.15) is 18.1 Å². The average molecular weight is 342 g/mol.